The molecule has 4 N–H and O–H groups in total. The van der Waals surface area contributed by atoms with Gasteiger partial charge in [0.25, 0.3) is 11.8 Å². The van der Waals surface area contributed by atoms with Crippen molar-refractivity contribution in [3.63, 3.8) is 0 Å². The van der Waals surface area contributed by atoms with E-state index in [0.29, 0.717) is 22.7 Å². The van der Waals surface area contributed by atoms with Crippen molar-refractivity contribution in [2.75, 3.05) is 24.8 Å². The lowest BCUT2D eigenvalue weighted by molar-refractivity contribution is 0.102. The van der Waals surface area contributed by atoms with Crippen LogP contribution in [0.3, 0.4) is 0 Å². The van der Waals surface area contributed by atoms with E-state index >= 15 is 0 Å². The summed E-state index contributed by atoms with van der Waals surface area (Å²) in [6.07, 6.45) is 1.66. The highest BCUT2D eigenvalue weighted by Crippen LogP contribution is 2.31. The normalized spacial score (nSPS) is 10.2. The number of nitrogens with zero attached hydrogens (tertiary/aromatic N) is 1. The minimum absolute atomic E-state index is 0.251. The van der Waals surface area contributed by atoms with Crippen LogP contribution in [0.25, 0.3) is 0 Å². The standard InChI is InChI=1S/C23H24BN5O3/c1-13-10-17(23(31)28-19-9-8-16(24)12-27-19)20(18(11-13)32-3)29-22(30)15-6-4-14(5-7-15)21(25)26-2/h4-12H,24H2,1-3H3,(H2,25,26)(H,29,30)(H,27,28,31). The number of aryl methyl sites for hydroxylation is 1. The average Bonchev–Trinajstić information content (AvgIpc) is 2.80. The highest BCUT2D eigenvalue weighted by molar-refractivity contribution is 6.32. The van der Waals surface area contributed by atoms with Crippen LogP contribution in [0.4, 0.5) is 11.5 Å². The van der Waals surface area contributed by atoms with Gasteiger partial charge < -0.3 is 20.7 Å². The lowest BCUT2D eigenvalue weighted by Crippen LogP contribution is -2.20. The van der Waals surface area contributed by atoms with Gasteiger partial charge in [-0.2, -0.15) is 0 Å². The van der Waals surface area contributed by atoms with E-state index in [4.69, 9.17) is 10.1 Å². The van der Waals surface area contributed by atoms with Gasteiger partial charge in [0.15, 0.2) is 0 Å². The zero-order chi connectivity index (χ0) is 23.3. The first kappa shape index (κ1) is 22.5. The topological polar surface area (TPSA) is 116 Å². The molecule has 0 aliphatic carbocycles. The molecule has 0 bridgehead atoms. The van der Waals surface area contributed by atoms with Crippen molar-refractivity contribution in [1.29, 1.82) is 5.41 Å². The van der Waals surface area contributed by atoms with E-state index in [0.717, 1.165) is 11.0 Å². The van der Waals surface area contributed by atoms with Gasteiger partial charge in [-0.3, -0.25) is 15.0 Å². The number of pyridine rings is 1. The molecular weight excluding hydrogens is 405 g/mol. The molecule has 2 amide bonds. The van der Waals surface area contributed by atoms with E-state index < -0.39 is 11.8 Å². The molecule has 162 valence electrons. The number of methoxy groups -OCH3 is 1. The first-order valence-electron chi connectivity index (χ1n) is 9.93. The van der Waals surface area contributed by atoms with E-state index in [2.05, 4.69) is 20.9 Å². The van der Waals surface area contributed by atoms with Gasteiger partial charge in [-0.15, -0.1) is 0 Å². The molecule has 0 fully saturated rings. The van der Waals surface area contributed by atoms with E-state index in [-0.39, 0.29) is 17.1 Å². The average molecular weight is 429 g/mol. The number of amides is 2. The maximum atomic E-state index is 13.0. The fourth-order valence-electron chi connectivity index (χ4n) is 3.07. The Hall–Kier alpha value is -4.14. The Morgan fingerprint density at radius 1 is 1.00 bits per heavy atom. The van der Waals surface area contributed by atoms with Crippen molar-refractivity contribution in [3.05, 3.63) is 77.0 Å². The molecule has 8 nitrogen and oxygen atoms in total. The molecule has 1 heterocycles. The molecular formula is C23H24BN5O3. The Balaban J connectivity index is 1.91. The summed E-state index contributed by atoms with van der Waals surface area (Å²) in [6.45, 7) is 1.84. The van der Waals surface area contributed by atoms with Crippen molar-refractivity contribution < 1.29 is 14.3 Å². The van der Waals surface area contributed by atoms with Gasteiger partial charge in [-0.1, -0.05) is 23.7 Å². The summed E-state index contributed by atoms with van der Waals surface area (Å²) in [4.78, 5) is 30.1. The Bertz CT molecular complexity index is 1160. The van der Waals surface area contributed by atoms with Crippen LogP contribution in [0.5, 0.6) is 5.75 Å². The van der Waals surface area contributed by atoms with E-state index in [9.17, 15) is 9.59 Å². The highest BCUT2D eigenvalue weighted by atomic mass is 16.5. The summed E-state index contributed by atoms with van der Waals surface area (Å²) in [6, 6.07) is 13.6. The third-order valence-corrected chi connectivity index (χ3v) is 4.79. The lowest BCUT2D eigenvalue weighted by Gasteiger charge is -2.16. The molecule has 0 saturated carbocycles. The molecule has 0 atom stereocenters. The molecule has 0 unspecified atom stereocenters. The zero-order valence-corrected chi connectivity index (χ0v) is 18.4. The van der Waals surface area contributed by atoms with E-state index in [1.165, 1.54) is 7.11 Å². The monoisotopic (exact) mass is 429 g/mol. The fraction of sp³-hybridized carbons (Fsp3) is 0.130. The van der Waals surface area contributed by atoms with Gasteiger partial charge in [0.05, 0.1) is 18.4 Å². The molecule has 0 aliphatic heterocycles. The molecule has 9 heteroatoms. The van der Waals surface area contributed by atoms with Gasteiger partial charge in [-0.25, -0.2) is 4.98 Å². The van der Waals surface area contributed by atoms with Crippen LogP contribution >= 0.6 is 0 Å². The number of carbonyl (C=O) groups is 2. The molecule has 32 heavy (non-hydrogen) atoms. The number of nitrogens with one attached hydrogen (secondary N) is 4. The highest BCUT2D eigenvalue weighted by Gasteiger charge is 2.20. The number of anilines is 2. The Morgan fingerprint density at radius 3 is 2.28 bits per heavy atom. The number of hydrogen-bond acceptors (Lipinski definition) is 5. The van der Waals surface area contributed by atoms with Crippen molar-refractivity contribution >= 4 is 42.5 Å². The predicted octanol–water partition coefficient (Wildman–Crippen LogP) is 1.71. The second kappa shape index (κ2) is 9.78. The Morgan fingerprint density at radius 2 is 1.69 bits per heavy atom. The quantitative estimate of drug-likeness (QED) is 0.271. The molecule has 3 rings (SSSR count). The van der Waals surface area contributed by atoms with Crippen molar-refractivity contribution in [2.24, 2.45) is 0 Å². The predicted molar refractivity (Wildman–Crippen MR) is 128 cm³/mol. The minimum Gasteiger partial charge on any atom is -0.495 e. The maximum Gasteiger partial charge on any atom is 0.259 e. The van der Waals surface area contributed by atoms with Gasteiger partial charge in [0, 0.05) is 24.4 Å². The van der Waals surface area contributed by atoms with Crippen LogP contribution in [-0.4, -0.2) is 44.6 Å². The second-order valence-electron chi connectivity index (χ2n) is 7.22. The smallest absolute Gasteiger partial charge is 0.259 e. The molecule has 0 saturated heterocycles. The summed E-state index contributed by atoms with van der Waals surface area (Å²) >= 11 is 0. The lowest BCUT2D eigenvalue weighted by atomic mass is 9.99. The van der Waals surface area contributed by atoms with Crippen LogP contribution in [0.1, 0.15) is 31.8 Å². The molecule has 1 aromatic heterocycles. The number of amidine groups is 1. The summed E-state index contributed by atoms with van der Waals surface area (Å²) < 4.78 is 5.44. The van der Waals surface area contributed by atoms with E-state index in [1.54, 1.807) is 55.7 Å². The number of benzene rings is 2. The van der Waals surface area contributed by atoms with Crippen LogP contribution in [0, 0.1) is 12.3 Å². The molecule has 2 aromatic carbocycles. The number of rotatable bonds is 6. The Kier molecular flexibility index (Phi) is 6.89. The number of aromatic nitrogens is 1. The van der Waals surface area contributed by atoms with Gasteiger partial charge in [-0.05, 0) is 42.8 Å². The fourth-order valence-corrected chi connectivity index (χ4v) is 3.07. The molecule has 0 aliphatic rings. The van der Waals surface area contributed by atoms with Gasteiger partial charge in [0.1, 0.15) is 25.2 Å². The van der Waals surface area contributed by atoms with E-state index in [1.807, 2.05) is 20.8 Å². The number of ether oxygens (including phenoxy) is 1. The largest absolute Gasteiger partial charge is 0.495 e. The van der Waals surface area contributed by atoms with Crippen LogP contribution in [0.2, 0.25) is 0 Å². The third-order valence-electron chi connectivity index (χ3n) is 4.79. The van der Waals surface area contributed by atoms with Crippen LogP contribution in [-0.2, 0) is 0 Å². The Labute approximate surface area is 187 Å². The summed E-state index contributed by atoms with van der Waals surface area (Å²) in [5.41, 5.74) is 3.33. The molecule has 0 radical (unpaired) electrons. The summed E-state index contributed by atoms with van der Waals surface area (Å²) in [5.74, 6) is 0.198. The van der Waals surface area contributed by atoms with Crippen molar-refractivity contribution in [1.82, 2.24) is 10.3 Å². The van der Waals surface area contributed by atoms with Crippen LogP contribution < -0.4 is 26.2 Å². The number of carbonyl (C=O) groups excluding carboxylic acids is 2. The second-order valence-corrected chi connectivity index (χ2v) is 7.22. The summed E-state index contributed by atoms with van der Waals surface area (Å²) in [7, 11) is 5.04. The SMILES string of the molecule is Bc1ccc(NC(=O)c2cc(C)cc(OC)c2NC(=O)c2ccc(C(=N)NC)cc2)nc1. The molecule has 3 aromatic rings. The first-order valence-corrected chi connectivity index (χ1v) is 9.93. The first-order chi connectivity index (χ1) is 15.3. The maximum absolute atomic E-state index is 13.0. The number of hydrogen-bond donors (Lipinski definition) is 4. The molecule has 0 spiro atoms. The van der Waals surface area contributed by atoms with Crippen molar-refractivity contribution in [2.45, 2.75) is 6.92 Å². The van der Waals surface area contributed by atoms with Gasteiger partial charge in [0.2, 0.25) is 0 Å². The van der Waals surface area contributed by atoms with Crippen LogP contribution in [0.15, 0.2) is 54.7 Å². The van der Waals surface area contributed by atoms with Gasteiger partial charge >= 0.3 is 0 Å². The third kappa shape index (κ3) is 5.12. The zero-order valence-electron chi connectivity index (χ0n) is 18.4. The minimum atomic E-state index is -0.420. The van der Waals surface area contributed by atoms with Crippen molar-refractivity contribution in [3.8, 4) is 5.75 Å². The summed E-state index contributed by atoms with van der Waals surface area (Å²) in [5, 5.41) is 16.1.